The molecule has 0 bridgehead atoms. The van der Waals surface area contributed by atoms with Crippen molar-refractivity contribution in [2.24, 2.45) is 0 Å². The van der Waals surface area contributed by atoms with Crippen molar-refractivity contribution in [1.82, 2.24) is 5.32 Å². The average Bonchev–Trinajstić information content (AvgIpc) is 2.65. The number of nitriles is 1. The molecule has 6 heteroatoms. The van der Waals surface area contributed by atoms with Gasteiger partial charge < -0.3 is 19.5 Å². The molecule has 2 aromatic rings. The summed E-state index contributed by atoms with van der Waals surface area (Å²) in [5, 5.41) is 11.3. The molecule has 0 aliphatic carbocycles. The van der Waals surface area contributed by atoms with Crippen molar-refractivity contribution in [2.45, 2.75) is 26.8 Å². The molecule has 1 N–H and O–H groups in total. The van der Waals surface area contributed by atoms with Crippen molar-refractivity contribution in [3.63, 3.8) is 0 Å². The normalized spacial score (nSPS) is 10.0. The fourth-order valence-electron chi connectivity index (χ4n) is 2.53. The summed E-state index contributed by atoms with van der Waals surface area (Å²) in [4.78, 5) is 11.5. The third-order valence-corrected chi connectivity index (χ3v) is 3.92. The van der Waals surface area contributed by atoms with Gasteiger partial charge in [-0.1, -0.05) is 17.7 Å². The Labute approximate surface area is 159 Å². The predicted octanol–water partition coefficient (Wildman–Crippen LogP) is 3.30. The quantitative estimate of drug-likeness (QED) is 0.687. The first-order valence-corrected chi connectivity index (χ1v) is 8.67. The van der Waals surface area contributed by atoms with E-state index in [4.69, 9.17) is 19.5 Å². The smallest absolute Gasteiger partial charge is 0.234 e. The fourth-order valence-corrected chi connectivity index (χ4v) is 2.53. The number of ether oxygens (including phenoxy) is 3. The lowest BCUT2D eigenvalue weighted by molar-refractivity contribution is -0.120. The molecule has 2 rings (SSSR count). The van der Waals surface area contributed by atoms with Crippen LogP contribution in [0.1, 0.15) is 23.1 Å². The molecule has 0 radical (unpaired) electrons. The third-order valence-electron chi connectivity index (χ3n) is 3.92. The summed E-state index contributed by atoms with van der Waals surface area (Å²) < 4.78 is 16.8. The summed E-state index contributed by atoms with van der Waals surface area (Å²) in [5.41, 5.74) is 3.07. The molecule has 0 aromatic heterocycles. The Morgan fingerprint density at radius 1 is 1.07 bits per heavy atom. The number of benzene rings is 2. The van der Waals surface area contributed by atoms with Crippen molar-refractivity contribution in [3.8, 4) is 23.3 Å². The Bertz CT molecular complexity index is 827. The number of nitrogens with one attached hydrogen (secondary N) is 1. The van der Waals surface area contributed by atoms with Gasteiger partial charge in [-0.3, -0.25) is 4.79 Å². The number of nitrogens with zero attached hydrogens (tertiary/aromatic N) is 1. The second-order valence-corrected chi connectivity index (χ2v) is 6.05. The molecule has 0 saturated carbocycles. The lowest BCUT2D eigenvalue weighted by Crippen LogP contribution is -2.22. The molecule has 0 aliphatic rings. The summed E-state index contributed by atoms with van der Waals surface area (Å²) in [5.74, 6) is 1.78. The summed E-state index contributed by atoms with van der Waals surface area (Å²) in [7, 11) is 1.58. The van der Waals surface area contributed by atoms with Crippen LogP contribution in [0.5, 0.6) is 17.2 Å². The first-order chi connectivity index (χ1) is 13.0. The average molecular weight is 368 g/mol. The lowest BCUT2D eigenvalue weighted by atomic mass is 10.1. The molecule has 0 heterocycles. The number of aryl methyl sites for hydroxylation is 2. The van der Waals surface area contributed by atoms with E-state index in [0.29, 0.717) is 24.7 Å². The SMILES string of the molecule is COc1ccc(CNC(=O)CC#N)c(OCCOc2ccc(C)cc2C)c1. The molecule has 142 valence electrons. The maximum absolute atomic E-state index is 11.5. The van der Waals surface area contributed by atoms with Crippen LogP contribution in [0, 0.1) is 25.2 Å². The Morgan fingerprint density at radius 3 is 2.48 bits per heavy atom. The van der Waals surface area contributed by atoms with Crippen molar-refractivity contribution < 1.29 is 19.0 Å². The molecule has 27 heavy (non-hydrogen) atoms. The zero-order valence-electron chi connectivity index (χ0n) is 15.9. The van der Waals surface area contributed by atoms with Crippen LogP contribution in [0.2, 0.25) is 0 Å². The maximum atomic E-state index is 11.5. The molecule has 0 unspecified atom stereocenters. The fraction of sp³-hybridized carbons (Fsp3) is 0.333. The van der Waals surface area contributed by atoms with Crippen LogP contribution in [0.25, 0.3) is 0 Å². The van der Waals surface area contributed by atoms with Gasteiger partial charge in [-0.15, -0.1) is 0 Å². The number of hydrogen-bond donors (Lipinski definition) is 1. The number of hydrogen-bond acceptors (Lipinski definition) is 5. The minimum absolute atomic E-state index is 0.171. The van der Waals surface area contributed by atoms with Crippen LogP contribution >= 0.6 is 0 Å². The number of methoxy groups -OCH3 is 1. The Morgan fingerprint density at radius 2 is 1.81 bits per heavy atom. The number of carbonyl (C=O) groups excluding carboxylic acids is 1. The van der Waals surface area contributed by atoms with Crippen LogP contribution in [-0.2, 0) is 11.3 Å². The monoisotopic (exact) mass is 368 g/mol. The van der Waals surface area contributed by atoms with Crippen molar-refractivity contribution in [2.75, 3.05) is 20.3 Å². The minimum atomic E-state index is -0.322. The zero-order valence-corrected chi connectivity index (χ0v) is 15.9. The Kier molecular flexibility index (Phi) is 7.50. The van der Waals surface area contributed by atoms with Crippen LogP contribution < -0.4 is 19.5 Å². The maximum Gasteiger partial charge on any atom is 0.234 e. The minimum Gasteiger partial charge on any atom is -0.497 e. The molecule has 0 fully saturated rings. The van der Waals surface area contributed by atoms with Crippen molar-refractivity contribution in [3.05, 3.63) is 53.1 Å². The molecule has 0 atom stereocenters. The number of amides is 1. The molecule has 1 amide bonds. The summed E-state index contributed by atoms with van der Waals surface area (Å²) in [6.45, 7) is 5.06. The van der Waals surface area contributed by atoms with Crippen LogP contribution in [-0.4, -0.2) is 26.2 Å². The van der Waals surface area contributed by atoms with E-state index in [9.17, 15) is 4.79 Å². The van der Waals surface area contributed by atoms with E-state index in [-0.39, 0.29) is 18.9 Å². The molecule has 2 aromatic carbocycles. The van der Waals surface area contributed by atoms with Crippen molar-refractivity contribution >= 4 is 5.91 Å². The highest BCUT2D eigenvalue weighted by molar-refractivity contribution is 5.78. The predicted molar refractivity (Wildman–Crippen MR) is 102 cm³/mol. The van der Waals surface area contributed by atoms with Crippen LogP contribution in [0.4, 0.5) is 0 Å². The van der Waals surface area contributed by atoms with E-state index < -0.39 is 0 Å². The van der Waals surface area contributed by atoms with E-state index in [0.717, 1.165) is 16.9 Å². The van der Waals surface area contributed by atoms with Gasteiger partial charge in [0.05, 0.1) is 13.2 Å². The second-order valence-electron chi connectivity index (χ2n) is 6.05. The van der Waals surface area contributed by atoms with Crippen LogP contribution in [0.3, 0.4) is 0 Å². The van der Waals surface area contributed by atoms with E-state index in [2.05, 4.69) is 11.4 Å². The standard InChI is InChI=1S/C21H24N2O4/c1-15-4-7-19(16(2)12-15)26-10-11-27-20-13-18(25-3)6-5-17(20)14-23-21(24)8-9-22/h4-7,12-13H,8,10-11,14H2,1-3H3,(H,23,24). The van der Waals surface area contributed by atoms with Gasteiger partial charge in [-0.25, -0.2) is 0 Å². The third kappa shape index (κ3) is 6.23. The molecular formula is C21H24N2O4. The van der Waals surface area contributed by atoms with E-state index in [1.165, 1.54) is 5.56 Å². The van der Waals surface area contributed by atoms with Gasteiger partial charge in [-0.05, 0) is 37.6 Å². The summed E-state index contributed by atoms with van der Waals surface area (Å²) in [6, 6.07) is 13.2. The van der Waals surface area contributed by atoms with Gasteiger partial charge in [0.2, 0.25) is 5.91 Å². The molecule has 0 aliphatic heterocycles. The van der Waals surface area contributed by atoms with Gasteiger partial charge in [0.1, 0.15) is 36.9 Å². The zero-order chi connectivity index (χ0) is 19.6. The van der Waals surface area contributed by atoms with E-state index in [1.807, 2.05) is 38.1 Å². The van der Waals surface area contributed by atoms with Gasteiger partial charge in [0, 0.05) is 18.2 Å². The molecule has 6 nitrogen and oxygen atoms in total. The second kappa shape index (κ2) is 10.1. The Balaban J connectivity index is 1.95. The van der Waals surface area contributed by atoms with Gasteiger partial charge in [0.15, 0.2) is 0 Å². The first-order valence-electron chi connectivity index (χ1n) is 8.67. The highest BCUT2D eigenvalue weighted by Crippen LogP contribution is 2.25. The summed E-state index contributed by atoms with van der Waals surface area (Å²) in [6.07, 6.45) is -0.171. The molecular weight excluding hydrogens is 344 g/mol. The summed E-state index contributed by atoms with van der Waals surface area (Å²) >= 11 is 0. The Hall–Kier alpha value is -3.20. The topological polar surface area (TPSA) is 80.6 Å². The number of rotatable bonds is 9. The molecule has 0 spiro atoms. The van der Waals surface area contributed by atoms with Crippen LogP contribution in [0.15, 0.2) is 36.4 Å². The lowest BCUT2D eigenvalue weighted by Gasteiger charge is -2.14. The van der Waals surface area contributed by atoms with Gasteiger partial charge in [0.25, 0.3) is 0 Å². The largest absolute Gasteiger partial charge is 0.497 e. The molecule has 0 saturated heterocycles. The van der Waals surface area contributed by atoms with Gasteiger partial charge >= 0.3 is 0 Å². The highest BCUT2D eigenvalue weighted by atomic mass is 16.5. The first kappa shape index (κ1) is 20.1. The van der Waals surface area contributed by atoms with Crippen molar-refractivity contribution in [1.29, 1.82) is 5.26 Å². The van der Waals surface area contributed by atoms with E-state index >= 15 is 0 Å². The highest BCUT2D eigenvalue weighted by Gasteiger charge is 2.09. The van der Waals surface area contributed by atoms with Gasteiger partial charge in [-0.2, -0.15) is 5.26 Å². The van der Waals surface area contributed by atoms with E-state index in [1.54, 1.807) is 19.2 Å². The number of carbonyl (C=O) groups is 1.